The van der Waals surface area contributed by atoms with Crippen LogP contribution in [0.15, 0.2) is 0 Å². The fourth-order valence-corrected chi connectivity index (χ4v) is 3.62. The average molecular weight is 974 g/mol. The summed E-state index contributed by atoms with van der Waals surface area (Å²) >= 11 is 0. The zero-order valence-electron chi connectivity index (χ0n) is 27.3. The average Bonchev–Trinajstić information content (AvgIpc) is 3.05. The molecule has 0 bridgehead atoms. The molecule has 0 aromatic rings. The summed E-state index contributed by atoms with van der Waals surface area (Å²) in [5.74, 6) is -123. The monoisotopic (exact) mass is 974 g/mol. The van der Waals surface area contributed by atoms with Crippen molar-refractivity contribution in [1.29, 1.82) is 0 Å². The van der Waals surface area contributed by atoms with Crippen molar-refractivity contribution in [3.8, 4) is 0 Å². The second kappa shape index (κ2) is 16.1. The van der Waals surface area contributed by atoms with Gasteiger partial charge in [0.1, 0.15) is 0 Å². The number of hydrogen-bond acceptors (Lipinski definition) is 4. The van der Waals surface area contributed by atoms with Crippen LogP contribution in [0.3, 0.4) is 0 Å². The lowest BCUT2D eigenvalue weighted by Gasteiger charge is -2.42. The predicted octanol–water partition coefficient (Wildman–Crippen LogP) is 10.9. The molecule has 0 aliphatic rings. The summed E-state index contributed by atoms with van der Waals surface area (Å²) in [6.07, 6.45) is -16.1. The number of ether oxygens (including phenoxy) is 2. The highest BCUT2D eigenvalue weighted by molar-refractivity contribution is 5.73. The highest BCUT2D eigenvalue weighted by Crippen LogP contribution is 2.64. The molecule has 60 heavy (non-hydrogen) atoms. The highest BCUT2D eigenvalue weighted by Gasteiger charge is 2.95. The Balaban J connectivity index is 6.00. The Morgan fingerprint density at radius 1 is 0.350 bits per heavy atom. The van der Waals surface area contributed by atoms with E-state index in [-0.39, 0.29) is 0 Å². The molecule has 0 N–H and O–H groups in total. The summed E-state index contributed by atoms with van der Waals surface area (Å²) in [7, 11) is 0. The molecule has 0 aromatic carbocycles. The third-order valence-electron chi connectivity index (χ3n) is 7.32. The van der Waals surface area contributed by atoms with E-state index in [1.807, 2.05) is 0 Å². The SMILES string of the molecule is CC(CC(=O)OCC(F)(F)C(F)(F)C(F)(F)C(F)(F)C(F)(F)C(F)(F)C(F)(F)C(F)F)CC(=O)OCC(F)(F)C(F)(F)C(F)(F)C(F)(F)C(F)(F)C(F)(F)C(F)(F)C(F)F. The smallest absolute Gasteiger partial charge is 0.385 e. The van der Waals surface area contributed by atoms with Gasteiger partial charge in [0.2, 0.25) is 0 Å². The van der Waals surface area contributed by atoms with Crippen LogP contribution in [0.25, 0.3) is 0 Å². The molecular weight excluding hydrogens is 960 g/mol. The van der Waals surface area contributed by atoms with E-state index in [2.05, 4.69) is 9.47 Å². The molecule has 0 saturated heterocycles. The van der Waals surface area contributed by atoms with Crippen molar-refractivity contribution in [3.63, 3.8) is 0 Å². The predicted molar refractivity (Wildman–Crippen MR) is 122 cm³/mol. The Hall–Kier alpha value is -3.30. The molecule has 0 unspecified atom stereocenters. The Morgan fingerprint density at radius 3 is 0.733 bits per heavy atom. The number of halogens is 32. The van der Waals surface area contributed by atoms with E-state index < -0.39 is 140 Å². The fraction of sp³-hybridized carbons (Fsp3) is 0.917. The van der Waals surface area contributed by atoms with Crippen molar-refractivity contribution >= 4 is 11.9 Å². The van der Waals surface area contributed by atoms with Crippen molar-refractivity contribution in [2.75, 3.05) is 13.2 Å². The zero-order valence-corrected chi connectivity index (χ0v) is 27.3. The van der Waals surface area contributed by atoms with Crippen LogP contribution in [0, 0.1) is 5.92 Å². The Bertz CT molecular complexity index is 1410. The molecule has 0 rings (SSSR count). The third-order valence-corrected chi connectivity index (χ3v) is 7.32. The van der Waals surface area contributed by atoms with Crippen LogP contribution in [-0.4, -0.2) is 121 Å². The number of hydrogen-bond donors (Lipinski definition) is 0. The van der Waals surface area contributed by atoms with Crippen molar-refractivity contribution in [2.24, 2.45) is 5.92 Å². The minimum Gasteiger partial charge on any atom is -0.459 e. The summed E-state index contributed by atoms with van der Waals surface area (Å²) in [5, 5.41) is 0. The van der Waals surface area contributed by atoms with Gasteiger partial charge < -0.3 is 9.47 Å². The van der Waals surface area contributed by atoms with Crippen molar-refractivity contribution < 1.29 is 160 Å². The second-order valence-electron chi connectivity index (χ2n) is 11.8. The fourth-order valence-electron chi connectivity index (χ4n) is 3.62. The van der Waals surface area contributed by atoms with Crippen molar-refractivity contribution in [2.45, 2.75) is 116 Å². The third kappa shape index (κ3) is 8.44. The molecule has 4 nitrogen and oxygen atoms in total. The van der Waals surface area contributed by atoms with E-state index in [9.17, 15) is 150 Å². The largest absolute Gasteiger partial charge is 0.459 e. The minimum atomic E-state index is -8.85. The van der Waals surface area contributed by atoms with Gasteiger partial charge in [0.05, 0.1) is 0 Å². The van der Waals surface area contributed by atoms with Crippen LogP contribution in [0.5, 0.6) is 0 Å². The first-order chi connectivity index (χ1) is 25.8. The van der Waals surface area contributed by atoms with Crippen molar-refractivity contribution in [3.05, 3.63) is 0 Å². The van der Waals surface area contributed by atoms with Crippen molar-refractivity contribution in [1.82, 2.24) is 0 Å². The van der Waals surface area contributed by atoms with Crippen LogP contribution in [0.1, 0.15) is 19.8 Å². The molecule has 0 radical (unpaired) electrons. The normalized spacial score (nSPS) is 15.9. The summed E-state index contributed by atoms with van der Waals surface area (Å²) in [5.41, 5.74) is 0. The quantitative estimate of drug-likeness (QED) is 0.0801. The molecule has 0 amide bonds. The first-order valence-electron chi connectivity index (χ1n) is 13.9. The van der Waals surface area contributed by atoms with E-state index >= 15 is 0 Å². The summed E-state index contributed by atoms with van der Waals surface area (Å²) in [4.78, 5) is 23.2. The highest BCUT2D eigenvalue weighted by atomic mass is 19.4. The first-order valence-corrected chi connectivity index (χ1v) is 13.9. The number of carbonyl (C=O) groups is 2. The van der Waals surface area contributed by atoms with Crippen LogP contribution in [-0.2, 0) is 19.1 Å². The van der Waals surface area contributed by atoms with Gasteiger partial charge in [-0.25, -0.2) is 17.6 Å². The second-order valence-corrected chi connectivity index (χ2v) is 11.8. The lowest BCUT2D eigenvalue weighted by molar-refractivity contribution is -0.447. The number of alkyl halides is 32. The number of carbonyl (C=O) groups excluding carboxylic acids is 2. The van der Waals surface area contributed by atoms with Gasteiger partial charge >= 0.3 is 108 Å². The molecule has 0 saturated carbocycles. The zero-order chi connectivity index (χ0) is 49.1. The van der Waals surface area contributed by atoms with Gasteiger partial charge in [0.15, 0.2) is 13.2 Å². The van der Waals surface area contributed by atoms with E-state index in [0.29, 0.717) is 6.92 Å². The minimum absolute atomic E-state index is 0.306. The number of rotatable bonds is 22. The van der Waals surface area contributed by atoms with Gasteiger partial charge in [-0.3, -0.25) is 9.59 Å². The Kier molecular flexibility index (Phi) is 15.2. The molecule has 0 aromatic heterocycles. The van der Waals surface area contributed by atoms with Gasteiger partial charge in [0.25, 0.3) is 0 Å². The first kappa shape index (κ1) is 56.7. The molecule has 0 aliphatic carbocycles. The van der Waals surface area contributed by atoms with Crippen LogP contribution in [0.4, 0.5) is 140 Å². The summed E-state index contributed by atoms with van der Waals surface area (Å²) in [6.45, 7) is -7.25. The molecule has 36 heteroatoms. The molecule has 358 valence electrons. The van der Waals surface area contributed by atoms with Crippen LogP contribution >= 0.6 is 0 Å². The summed E-state index contributed by atoms with van der Waals surface area (Å²) < 4.78 is 434. The molecule has 0 fully saturated rings. The van der Waals surface area contributed by atoms with Gasteiger partial charge in [-0.15, -0.1) is 0 Å². The van der Waals surface area contributed by atoms with E-state index in [1.165, 1.54) is 0 Å². The maximum atomic E-state index is 13.9. The molecular formula is C24H14F32O4. The van der Waals surface area contributed by atoms with E-state index in [4.69, 9.17) is 0 Å². The van der Waals surface area contributed by atoms with Gasteiger partial charge in [-0.2, -0.15) is 123 Å². The topological polar surface area (TPSA) is 52.6 Å². The maximum absolute atomic E-state index is 13.9. The Morgan fingerprint density at radius 2 is 0.533 bits per heavy atom. The molecule has 0 atom stereocenters. The van der Waals surface area contributed by atoms with Gasteiger partial charge in [-0.05, 0) is 5.92 Å². The van der Waals surface area contributed by atoms with E-state index in [1.54, 1.807) is 0 Å². The molecule has 0 heterocycles. The van der Waals surface area contributed by atoms with Gasteiger partial charge in [-0.1, -0.05) is 6.92 Å². The standard InChI is InChI=1S/C24H14F32O4/c1-6(2-7(57)59-4-11(29,30)15(37,38)19(45,46)23(53,54)21(49,50)17(41,42)13(33,34)9(25)26)3-8(58)60-5-12(31,32)16(39,40)20(47,48)24(55,56)22(51,52)18(43,44)14(35,36)10(27)28/h6,9-10H,2-5H2,1H3. The Labute approximate surface area is 307 Å². The lowest BCUT2D eigenvalue weighted by Crippen LogP contribution is -2.74. The van der Waals surface area contributed by atoms with Crippen LogP contribution in [0.2, 0.25) is 0 Å². The molecule has 0 aliphatic heterocycles. The number of esters is 2. The maximum Gasteiger partial charge on any atom is 0.385 e. The molecule has 0 spiro atoms. The van der Waals surface area contributed by atoms with Crippen LogP contribution < -0.4 is 0 Å². The van der Waals surface area contributed by atoms with Gasteiger partial charge in [0, 0.05) is 12.8 Å². The summed E-state index contributed by atoms with van der Waals surface area (Å²) in [6, 6.07) is 0. The lowest BCUT2D eigenvalue weighted by atomic mass is 9.89. The van der Waals surface area contributed by atoms with E-state index in [0.717, 1.165) is 0 Å².